The van der Waals surface area contributed by atoms with E-state index in [0.717, 1.165) is 29.5 Å². The molecule has 0 aliphatic carbocycles. The van der Waals surface area contributed by atoms with Gasteiger partial charge in [-0.3, -0.25) is 0 Å². The van der Waals surface area contributed by atoms with Crippen molar-refractivity contribution in [3.8, 4) is 0 Å². The van der Waals surface area contributed by atoms with Gasteiger partial charge in [-0.25, -0.2) is 4.39 Å². The van der Waals surface area contributed by atoms with Crippen LogP contribution in [-0.2, 0) is 13.0 Å². The predicted octanol–water partition coefficient (Wildman–Crippen LogP) is 4.54. The Bertz CT molecular complexity index is 596. The van der Waals surface area contributed by atoms with Crippen LogP contribution in [0.5, 0.6) is 0 Å². The van der Waals surface area contributed by atoms with Gasteiger partial charge in [0, 0.05) is 11.0 Å². The first kappa shape index (κ1) is 15.2. The Kier molecular flexibility index (Phi) is 5.32. The van der Waals surface area contributed by atoms with Crippen molar-refractivity contribution in [1.29, 1.82) is 0 Å². The second-order valence-corrected chi connectivity index (χ2v) is 5.94. The lowest BCUT2D eigenvalue weighted by Crippen LogP contribution is -2.17. The van der Waals surface area contributed by atoms with Gasteiger partial charge >= 0.3 is 0 Å². The van der Waals surface area contributed by atoms with Crippen LogP contribution < -0.4 is 5.32 Å². The second-order valence-electron chi connectivity index (χ2n) is 5.08. The Labute approximate surface area is 128 Å². The van der Waals surface area contributed by atoms with Crippen LogP contribution in [0.4, 0.5) is 4.39 Å². The number of halogens is 2. The SMILES string of the molecule is Cc1ccc(CNCCc2ccc(F)cc2C)cc1Br. The van der Waals surface area contributed by atoms with Crippen molar-refractivity contribution in [2.24, 2.45) is 0 Å². The molecule has 0 radical (unpaired) electrons. The molecule has 2 aromatic rings. The molecule has 0 saturated carbocycles. The lowest BCUT2D eigenvalue weighted by atomic mass is 10.1. The molecule has 3 heteroatoms. The summed E-state index contributed by atoms with van der Waals surface area (Å²) in [7, 11) is 0. The van der Waals surface area contributed by atoms with Crippen molar-refractivity contribution in [1.82, 2.24) is 5.32 Å². The minimum atomic E-state index is -0.163. The van der Waals surface area contributed by atoms with Crippen LogP contribution in [0.3, 0.4) is 0 Å². The van der Waals surface area contributed by atoms with E-state index in [1.807, 2.05) is 13.0 Å². The average molecular weight is 336 g/mol. The predicted molar refractivity (Wildman–Crippen MR) is 85.4 cm³/mol. The maximum atomic E-state index is 13.0. The molecule has 2 rings (SSSR count). The van der Waals surface area contributed by atoms with E-state index in [2.05, 4.69) is 46.4 Å². The monoisotopic (exact) mass is 335 g/mol. The van der Waals surface area contributed by atoms with Gasteiger partial charge < -0.3 is 5.32 Å². The van der Waals surface area contributed by atoms with Crippen molar-refractivity contribution >= 4 is 15.9 Å². The van der Waals surface area contributed by atoms with E-state index in [4.69, 9.17) is 0 Å². The first-order chi connectivity index (χ1) is 9.56. The summed E-state index contributed by atoms with van der Waals surface area (Å²) >= 11 is 3.54. The molecule has 1 nitrogen and oxygen atoms in total. The zero-order valence-corrected chi connectivity index (χ0v) is 13.4. The molecule has 0 amide bonds. The van der Waals surface area contributed by atoms with E-state index < -0.39 is 0 Å². The van der Waals surface area contributed by atoms with E-state index in [-0.39, 0.29) is 5.82 Å². The van der Waals surface area contributed by atoms with Gasteiger partial charge in [-0.2, -0.15) is 0 Å². The van der Waals surface area contributed by atoms with Gasteiger partial charge in [-0.05, 0) is 67.3 Å². The van der Waals surface area contributed by atoms with Crippen LogP contribution in [-0.4, -0.2) is 6.54 Å². The van der Waals surface area contributed by atoms with E-state index >= 15 is 0 Å². The van der Waals surface area contributed by atoms with Crippen LogP contribution in [0.2, 0.25) is 0 Å². The van der Waals surface area contributed by atoms with Gasteiger partial charge in [-0.15, -0.1) is 0 Å². The van der Waals surface area contributed by atoms with E-state index in [0.29, 0.717) is 0 Å². The third kappa shape index (κ3) is 4.15. The van der Waals surface area contributed by atoms with Crippen molar-refractivity contribution in [3.63, 3.8) is 0 Å². The number of nitrogens with one attached hydrogen (secondary N) is 1. The van der Waals surface area contributed by atoms with Crippen LogP contribution in [0, 0.1) is 19.7 Å². The van der Waals surface area contributed by atoms with Crippen molar-refractivity contribution in [2.75, 3.05) is 6.54 Å². The number of benzene rings is 2. The highest BCUT2D eigenvalue weighted by atomic mass is 79.9. The van der Waals surface area contributed by atoms with E-state index in [9.17, 15) is 4.39 Å². The first-order valence-electron chi connectivity index (χ1n) is 6.77. The molecule has 0 aliphatic rings. The molecule has 0 aliphatic heterocycles. The molecule has 0 fully saturated rings. The number of aryl methyl sites for hydroxylation is 2. The highest BCUT2D eigenvalue weighted by Gasteiger charge is 2.01. The summed E-state index contributed by atoms with van der Waals surface area (Å²) in [6, 6.07) is 11.4. The molecule has 106 valence electrons. The molecule has 0 aromatic heterocycles. The number of rotatable bonds is 5. The fraction of sp³-hybridized carbons (Fsp3) is 0.294. The standard InChI is InChI=1S/C17H19BrFN/c1-12-3-4-14(10-17(12)18)11-20-8-7-15-5-6-16(19)9-13(15)2/h3-6,9-10,20H,7-8,11H2,1-2H3. The largest absolute Gasteiger partial charge is 0.312 e. The summed E-state index contributed by atoms with van der Waals surface area (Å²) in [6.07, 6.45) is 0.916. The molecule has 20 heavy (non-hydrogen) atoms. The summed E-state index contributed by atoms with van der Waals surface area (Å²) < 4.78 is 14.2. The molecule has 0 unspecified atom stereocenters. The van der Waals surface area contributed by atoms with Gasteiger partial charge in [0.2, 0.25) is 0 Å². The summed E-state index contributed by atoms with van der Waals surface area (Å²) in [4.78, 5) is 0. The van der Waals surface area contributed by atoms with Crippen LogP contribution in [0.1, 0.15) is 22.3 Å². The Balaban J connectivity index is 1.82. The lowest BCUT2D eigenvalue weighted by molar-refractivity contribution is 0.624. The summed E-state index contributed by atoms with van der Waals surface area (Å²) in [5, 5.41) is 3.42. The molecule has 2 aromatic carbocycles. The van der Waals surface area contributed by atoms with Gasteiger partial charge in [0.1, 0.15) is 5.82 Å². The molecule has 0 saturated heterocycles. The second kappa shape index (κ2) is 7.00. The Hall–Kier alpha value is -1.19. The van der Waals surface area contributed by atoms with E-state index in [1.165, 1.54) is 22.8 Å². The Morgan fingerprint density at radius 3 is 2.55 bits per heavy atom. The molecular formula is C17H19BrFN. The molecule has 0 heterocycles. The fourth-order valence-corrected chi connectivity index (χ4v) is 2.57. The highest BCUT2D eigenvalue weighted by molar-refractivity contribution is 9.10. The average Bonchev–Trinajstić information content (AvgIpc) is 2.40. The molecular weight excluding hydrogens is 317 g/mol. The lowest BCUT2D eigenvalue weighted by Gasteiger charge is -2.08. The normalized spacial score (nSPS) is 10.8. The quantitative estimate of drug-likeness (QED) is 0.791. The maximum Gasteiger partial charge on any atom is 0.123 e. The van der Waals surface area contributed by atoms with Crippen LogP contribution in [0.15, 0.2) is 40.9 Å². The van der Waals surface area contributed by atoms with E-state index in [1.54, 1.807) is 6.07 Å². The zero-order valence-electron chi connectivity index (χ0n) is 11.8. The van der Waals surface area contributed by atoms with Crippen molar-refractivity contribution in [2.45, 2.75) is 26.8 Å². The van der Waals surface area contributed by atoms with Gasteiger partial charge in [0.05, 0.1) is 0 Å². The minimum absolute atomic E-state index is 0.163. The molecule has 0 atom stereocenters. The van der Waals surface area contributed by atoms with Gasteiger partial charge in [0.15, 0.2) is 0 Å². The smallest absolute Gasteiger partial charge is 0.123 e. The Morgan fingerprint density at radius 1 is 1.05 bits per heavy atom. The molecule has 0 spiro atoms. The van der Waals surface area contributed by atoms with Crippen LogP contribution in [0.25, 0.3) is 0 Å². The maximum absolute atomic E-state index is 13.0. The first-order valence-corrected chi connectivity index (χ1v) is 7.56. The van der Waals surface area contributed by atoms with Gasteiger partial charge in [-0.1, -0.05) is 34.1 Å². The molecule has 0 bridgehead atoms. The number of hydrogen-bond acceptors (Lipinski definition) is 1. The van der Waals surface area contributed by atoms with Gasteiger partial charge in [0.25, 0.3) is 0 Å². The summed E-state index contributed by atoms with van der Waals surface area (Å²) in [5.41, 5.74) is 4.72. The zero-order chi connectivity index (χ0) is 14.5. The Morgan fingerprint density at radius 2 is 1.85 bits per heavy atom. The third-order valence-corrected chi connectivity index (χ3v) is 4.30. The fourth-order valence-electron chi connectivity index (χ4n) is 2.14. The molecule has 1 N–H and O–H groups in total. The summed E-state index contributed by atoms with van der Waals surface area (Å²) in [6.45, 7) is 5.77. The third-order valence-electron chi connectivity index (χ3n) is 3.44. The highest BCUT2D eigenvalue weighted by Crippen LogP contribution is 2.17. The minimum Gasteiger partial charge on any atom is -0.312 e. The van der Waals surface area contributed by atoms with Crippen LogP contribution >= 0.6 is 15.9 Å². The number of hydrogen-bond donors (Lipinski definition) is 1. The summed E-state index contributed by atoms with van der Waals surface area (Å²) in [5.74, 6) is -0.163. The topological polar surface area (TPSA) is 12.0 Å². The van der Waals surface area contributed by atoms with Crippen molar-refractivity contribution < 1.29 is 4.39 Å². The van der Waals surface area contributed by atoms with Crippen molar-refractivity contribution in [3.05, 3.63) is 68.9 Å².